The van der Waals surface area contributed by atoms with Gasteiger partial charge in [-0.3, -0.25) is 5.32 Å². The van der Waals surface area contributed by atoms with Crippen LogP contribution in [0, 0.1) is 0 Å². The molecule has 5 nitrogen and oxygen atoms in total. The summed E-state index contributed by atoms with van der Waals surface area (Å²) < 4.78 is 5.20. The maximum atomic E-state index is 11.8. The third kappa shape index (κ3) is 4.89. The van der Waals surface area contributed by atoms with E-state index in [-0.39, 0.29) is 12.5 Å². The zero-order valence-corrected chi connectivity index (χ0v) is 11.6. The van der Waals surface area contributed by atoms with Gasteiger partial charge in [0.15, 0.2) is 0 Å². The van der Waals surface area contributed by atoms with E-state index in [0.29, 0.717) is 12.2 Å². The van der Waals surface area contributed by atoms with E-state index >= 15 is 0 Å². The molecular formula is C14H22N2O3. The smallest absolute Gasteiger partial charge is 0.412 e. The Kier molecular flexibility index (Phi) is 5.32. The molecule has 0 bridgehead atoms. The predicted molar refractivity (Wildman–Crippen MR) is 75.2 cm³/mol. The molecule has 0 aliphatic carbocycles. The van der Waals surface area contributed by atoms with Crippen LogP contribution in [-0.4, -0.2) is 30.0 Å². The number of hydrogen-bond donors (Lipinski definition) is 3. The fraction of sp³-hybridized carbons (Fsp3) is 0.500. The molecule has 1 atom stereocenters. The number of hydrogen-bond acceptors (Lipinski definition) is 4. The lowest BCUT2D eigenvalue weighted by atomic mass is 9.98. The Morgan fingerprint density at radius 2 is 2.05 bits per heavy atom. The number of ether oxygens (including phenoxy) is 1. The second kappa shape index (κ2) is 6.54. The predicted octanol–water partition coefficient (Wildman–Crippen LogP) is 2.07. The highest BCUT2D eigenvalue weighted by molar-refractivity contribution is 5.86. The quantitative estimate of drug-likeness (QED) is 0.779. The molecule has 1 unspecified atom stereocenters. The van der Waals surface area contributed by atoms with Gasteiger partial charge in [0.05, 0.1) is 6.61 Å². The van der Waals surface area contributed by atoms with E-state index in [0.717, 1.165) is 5.56 Å². The van der Waals surface area contributed by atoms with Gasteiger partial charge >= 0.3 is 6.09 Å². The van der Waals surface area contributed by atoms with Gasteiger partial charge in [0.25, 0.3) is 0 Å². The Morgan fingerprint density at radius 1 is 1.42 bits per heavy atom. The maximum Gasteiger partial charge on any atom is 0.412 e. The molecule has 0 radical (unpaired) electrons. The number of aliphatic hydroxyl groups excluding tert-OH is 1. The van der Waals surface area contributed by atoms with Crippen LogP contribution in [0.5, 0.6) is 0 Å². The molecule has 19 heavy (non-hydrogen) atoms. The molecule has 0 saturated carbocycles. The van der Waals surface area contributed by atoms with Gasteiger partial charge in [0, 0.05) is 18.2 Å². The third-order valence-electron chi connectivity index (χ3n) is 2.54. The van der Waals surface area contributed by atoms with E-state index in [1.54, 1.807) is 32.9 Å². The van der Waals surface area contributed by atoms with Crippen LogP contribution in [0.15, 0.2) is 24.3 Å². The summed E-state index contributed by atoms with van der Waals surface area (Å²) in [6.45, 7) is 5.64. The average Bonchev–Trinajstić information content (AvgIpc) is 2.30. The fourth-order valence-electron chi connectivity index (χ4n) is 1.68. The molecule has 0 saturated heterocycles. The van der Waals surface area contributed by atoms with Crippen LogP contribution in [0.3, 0.4) is 0 Å². The van der Waals surface area contributed by atoms with Crippen molar-refractivity contribution in [2.24, 2.45) is 5.73 Å². The summed E-state index contributed by atoms with van der Waals surface area (Å²) in [5.41, 5.74) is 6.48. The van der Waals surface area contributed by atoms with Crippen molar-refractivity contribution < 1.29 is 14.6 Å². The maximum absolute atomic E-state index is 11.8. The number of aliphatic hydroxyl groups is 1. The second-order valence-corrected chi connectivity index (χ2v) is 5.33. The van der Waals surface area contributed by atoms with E-state index in [9.17, 15) is 9.90 Å². The van der Waals surface area contributed by atoms with Crippen LogP contribution in [0.1, 0.15) is 32.3 Å². The largest absolute Gasteiger partial charge is 0.444 e. The normalized spacial score (nSPS) is 12.9. The first-order chi connectivity index (χ1) is 8.87. The van der Waals surface area contributed by atoms with Crippen molar-refractivity contribution in [3.05, 3.63) is 29.8 Å². The minimum Gasteiger partial charge on any atom is -0.444 e. The topological polar surface area (TPSA) is 84.6 Å². The molecule has 5 heteroatoms. The summed E-state index contributed by atoms with van der Waals surface area (Å²) in [5.74, 6) is -0.203. The Balaban J connectivity index is 2.86. The van der Waals surface area contributed by atoms with E-state index < -0.39 is 11.7 Å². The molecule has 0 fully saturated rings. The zero-order chi connectivity index (χ0) is 14.5. The van der Waals surface area contributed by atoms with Crippen LogP contribution < -0.4 is 11.1 Å². The van der Waals surface area contributed by atoms with Crippen LogP contribution in [0.4, 0.5) is 10.5 Å². The lowest BCUT2D eigenvalue weighted by Gasteiger charge is -2.21. The number of rotatable bonds is 4. The first kappa shape index (κ1) is 15.5. The van der Waals surface area contributed by atoms with Crippen molar-refractivity contribution >= 4 is 11.8 Å². The molecule has 106 valence electrons. The molecule has 4 N–H and O–H groups in total. The Bertz CT molecular complexity index is 423. The number of amides is 1. The Labute approximate surface area is 113 Å². The van der Waals surface area contributed by atoms with Crippen LogP contribution in [0.25, 0.3) is 0 Å². The standard InChI is InChI=1S/C14H22N2O3/c1-14(2,3)19-13(18)16-12-7-5-4-6-11(12)10(8-15)9-17/h4-7,10,17H,8-9,15H2,1-3H3,(H,16,18). The Hall–Kier alpha value is -1.59. The average molecular weight is 266 g/mol. The third-order valence-corrected chi connectivity index (χ3v) is 2.54. The minimum absolute atomic E-state index is 0.0660. The van der Waals surface area contributed by atoms with Crippen molar-refractivity contribution in [3.8, 4) is 0 Å². The van der Waals surface area contributed by atoms with Crippen molar-refractivity contribution in [1.82, 2.24) is 0 Å². The van der Waals surface area contributed by atoms with E-state index in [2.05, 4.69) is 5.32 Å². The van der Waals surface area contributed by atoms with Gasteiger partial charge in [0.1, 0.15) is 5.60 Å². The van der Waals surface area contributed by atoms with Crippen molar-refractivity contribution in [1.29, 1.82) is 0 Å². The van der Waals surface area contributed by atoms with E-state index in [1.807, 2.05) is 12.1 Å². The van der Waals surface area contributed by atoms with Gasteiger partial charge in [-0.15, -0.1) is 0 Å². The van der Waals surface area contributed by atoms with Gasteiger partial charge in [-0.25, -0.2) is 4.79 Å². The zero-order valence-electron chi connectivity index (χ0n) is 11.6. The number of nitrogens with two attached hydrogens (primary N) is 1. The molecule has 0 aliphatic rings. The van der Waals surface area contributed by atoms with Crippen molar-refractivity contribution in [3.63, 3.8) is 0 Å². The first-order valence-corrected chi connectivity index (χ1v) is 6.27. The molecule has 1 rings (SSSR count). The number of nitrogens with one attached hydrogen (secondary N) is 1. The highest BCUT2D eigenvalue weighted by atomic mass is 16.6. The molecular weight excluding hydrogens is 244 g/mol. The lowest BCUT2D eigenvalue weighted by molar-refractivity contribution is 0.0635. The SMILES string of the molecule is CC(C)(C)OC(=O)Nc1ccccc1C(CN)CO. The highest BCUT2D eigenvalue weighted by Gasteiger charge is 2.19. The number of benzene rings is 1. The molecule has 0 spiro atoms. The molecule has 0 aromatic heterocycles. The summed E-state index contributed by atoms with van der Waals surface area (Å²) in [5, 5.41) is 12.0. The number of carbonyl (C=O) groups excluding carboxylic acids is 1. The highest BCUT2D eigenvalue weighted by Crippen LogP contribution is 2.24. The van der Waals surface area contributed by atoms with Gasteiger partial charge in [-0.1, -0.05) is 18.2 Å². The summed E-state index contributed by atoms with van der Waals surface area (Å²) >= 11 is 0. The van der Waals surface area contributed by atoms with Crippen LogP contribution in [-0.2, 0) is 4.74 Å². The molecule has 1 amide bonds. The van der Waals surface area contributed by atoms with Crippen molar-refractivity contribution in [2.45, 2.75) is 32.3 Å². The first-order valence-electron chi connectivity index (χ1n) is 6.27. The summed E-state index contributed by atoms with van der Waals surface area (Å²) in [7, 11) is 0. The Morgan fingerprint density at radius 3 is 2.58 bits per heavy atom. The van der Waals surface area contributed by atoms with Crippen LogP contribution >= 0.6 is 0 Å². The summed E-state index contributed by atoms with van der Waals surface area (Å²) in [6.07, 6.45) is -0.520. The van der Waals surface area contributed by atoms with Crippen LogP contribution in [0.2, 0.25) is 0 Å². The lowest BCUT2D eigenvalue weighted by Crippen LogP contribution is -2.28. The molecule has 1 aromatic carbocycles. The van der Waals surface area contributed by atoms with Gasteiger partial charge in [0.2, 0.25) is 0 Å². The molecule has 0 aliphatic heterocycles. The monoisotopic (exact) mass is 266 g/mol. The second-order valence-electron chi connectivity index (χ2n) is 5.33. The summed E-state index contributed by atoms with van der Waals surface area (Å²) in [4.78, 5) is 11.8. The molecule has 1 aromatic rings. The van der Waals surface area contributed by atoms with E-state index in [1.165, 1.54) is 0 Å². The van der Waals surface area contributed by atoms with Gasteiger partial charge in [-0.2, -0.15) is 0 Å². The number of para-hydroxylation sites is 1. The minimum atomic E-state index is -0.552. The summed E-state index contributed by atoms with van der Waals surface area (Å²) in [6, 6.07) is 7.24. The van der Waals surface area contributed by atoms with Gasteiger partial charge < -0.3 is 15.6 Å². The van der Waals surface area contributed by atoms with Crippen molar-refractivity contribution in [2.75, 3.05) is 18.5 Å². The number of anilines is 1. The molecule has 0 heterocycles. The fourth-order valence-corrected chi connectivity index (χ4v) is 1.68. The van der Waals surface area contributed by atoms with E-state index in [4.69, 9.17) is 10.5 Å². The van der Waals surface area contributed by atoms with Gasteiger partial charge in [-0.05, 0) is 32.4 Å². The number of carbonyl (C=O) groups is 1.